The van der Waals surface area contributed by atoms with Crippen LogP contribution in [-0.2, 0) is 6.42 Å². The van der Waals surface area contributed by atoms with Crippen LogP contribution in [-0.4, -0.2) is 41.0 Å². The highest BCUT2D eigenvalue weighted by atomic mass is 32.1. The maximum absolute atomic E-state index is 13.1. The van der Waals surface area contributed by atoms with Crippen molar-refractivity contribution >= 4 is 17.2 Å². The maximum atomic E-state index is 13.1. The molecule has 5 heterocycles. The Kier molecular flexibility index (Phi) is 5.17. The normalized spacial score (nSPS) is 25.7. The fourth-order valence-corrected chi connectivity index (χ4v) is 5.74. The summed E-state index contributed by atoms with van der Waals surface area (Å²) in [5.41, 5.74) is 2.40. The highest BCUT2D eigenvalue weighted by Crippen LogP contribution is 2.35. The van der Waals surface area contributed by atoms with Crippen molar-refractivity contribution in [1.29, 1.82) is 0 Å². The van der Waals surface area contributed by atoms with E-state index in [0.717, 1.165) is 34.8 Å². The standard InChI is InChI=1S/C24H25N3OS/c28-24(22-9-8-21(29-22)18-6-2-1-3-7-18)26-23-19-10-13-27(14-11-19)20(23)15-17-5-4-12-25-16-17/h1-9,12,16,19-20,23H,10-11,13-15H2,(H,26,28)/t20-,23+/m0/s1. The molecule has 2 bridgehead atoms. The third-order valence-electron chi connectivity index (χ3n) is 6.32. The summed E-state index contributed by atoms with van der Waals surface area (Å²) in [6, 6.07) is 19.0. The first kappa shape index (κ1) is 18.5. The molecule has 6 rings (SSSR count). The zero-order valence-corrected chi connectivity index (χ0v) is 17.1. The lowest BCUT2D eigenvalue weighted by atomic mass is 9.77. The Morgan fingerprint density at radius 3 is 2.66 bits per heavy atom. The van der Waals surface area contributed by atoms with Gasteiger partial charge in [0.25, 0.3) is 5.91 Å². The number of thiophene rings is 1. The van der Waals surface area contributed by atoms with E-state index in [1.807, 2.05) is 42.7 Å². The molecule has 3 aliphatic rings. The van der Waals surface area contributed by atoms with E-state index in [0.29, 0.717) is 12.0 Å². The summed E-state index contributed by atoms with van der Waals surface area (Å²) in [5.74, 6) is 0.631. The Morgan fingerprint density at radius 1 is 1.07 bits per heavy atom. The summed E-state index contributed by atoms with van der Waals surface area (Å²) in [4.78, 5) is 21.9. The Labute approximate surface area is 175 Å². The van der Waals surface area contributed by atoms with Crippen molar-refractivity contribution in [3.05, 3.63) is 77.4 Å². The molecule has 0 saturated carbocycles. The average molecular weight is 404 g/mol. The van der Waals surface area contributed by atoms with Crippen molar-refractivity contribution in [2.75, 3.05) is 13.1 Å². The van der Waals surface area contributed by atoms with Gasteiger partial charge in [-0.25, -0.2) is 0 Å². The Bertz CT molecular complexity index is 964. The lowest BCUT2D eigenvalue weighted by Crippen LogP contribution is -2.64. The van der Waals surface area contributed by atoms with E-state index in [9.17, 15) is 4.79 Å². The predicted molar refractivity (Wildman–Crippen MR) is 117 cm³/mol. The van der Waals surface area contributed by atoms with Gasteiger partial charge in [-0.15, -0.1) is 11.3 Å². The van der Waals surface area contributed by atoms with Gasteiger partial charge in [-0.1, -0.05) is 36.4 Å². The minimum Gasteiger partial charge on any atom is -0.347 e. The number of piperidine rings is 3. The van der Waals surface area contributed by atoms with E-state index >= 15 is 0 Å². The SMILES string of the molecule is O=C(N[C@@H]1C2CCN(CC2)[C@H]1Cc1cccnc1)c1ccc(-c2ccccc2)s1. The molecular weight excluding hydrogens is 378 g/mol. The van der Waals surface area contributed by atoms with E-state index in [-0.39, 0.29) is 11.9 Å². The van der Waals surface area contributed by atoms with Gasteiger partial charge in [0.1, 0.15) is 0 Å². The number of aromatic nitrogens is 1. The lowest BCUT2D eigenvalue weighted by molar-refractivity contribution is 0.0137. The van der Waals surface area contributed by atoms with Crippen LogP contribution in [0.1, 0.15) is 28.1 Å². The van der Waals surface area contributed by atoms with Gasteiger partial charge in [0.15, 0.2) is 0 Å². The molecule has 3 aromatic rings. The van der Waals surface area contributed by atoms with Crippen LogP contribution in [0.3, 0.4) is 0 Å². The minimum absolute atomic E-state index is 0.0621. The number of hydrogen-bond acceptors (Lipinski definition) is 4. The first-order valence-corrected chi connectivity index (χ1v) is 11.2. The van der Waals surface area contributed by atoms with Gasteiger partial charge in [-0.2, -0.15) is 0 Å². The molecule has 1 N–H and O–H groups in total. The Hall–Kier alpha value is -2.50. The number of carbonyl (C=O) groups is 1. The molecule has 0 unspecified atom stereocenters. The van der Waals surface area contributed by atoms with Gasteiger partial charge in [-0.05, 0) is 67.6 Å². The number of rotatable bonds is 5. The first-order chi connectivity index (χ1) is 14.3. The molecule has 5 heteroatoms. The molecule has 148 valence electrons. The van der Waals surface area contributed by atoms with E-state index in [2.05, 4.69) is 39.5 Å². The van der Waals surface area contributed by atoms with Gasteiger partial charge < -0.3 is 5.32 Å². The van der Waals surface area contributed by atoms with Crippen molar-refractivity contribution in [2.45, 2.75) is 31.3 Å². The lowest BCUT2D eigenvalue weighted by Gasteiger charge is -2.51. The maximum Gasteiger partial charge on any atom is 0.261 e. The molecule has 29 heavy (non-hydrogen) atoms. The molecule has 0 aliphatic carbocycles. The number of nitrogens with zero attached hydrogens (tertiary/aromatic N) is 2. The molecule has 3 aliphatic heterocycles. The molecule has 2 aromatic heterocycles. The number of benzene rings is 1. The summed E-state index contributed by atoms with van der Waals surface area (Å²) in [6.45, 7) is 2.28. The second kappa shape index (κ2) is 8.09. The number of carbonyl (C=O) groups excluding carboxylic acids is 1. The third kappa shape index (κ3) is 3.85. The Morgan fingerprint density at radius 2 is 1.90 bits per heavy atom. The second-order valence-electron chi connectivity index (χ2n) is 8.04. The summed E-state index contributed by atoms with van der Waals surface area (Å²) in [5, 5.41) is 3.41. The van der Waals surface area contributed by atoms with Crippen molar-refractivity contribution in [1.82, 2.24) is 15.2 Å². The number of amides is 1. The van der Waals surface area contributed by atoms with Gasteiger partial charge in [0.05, 0.1) is 4.88 Å². The van der Waals surface area contributed by atoms with Crippen LogP contribution in [0.2, 0.25) is 0 Å². The fraction of sp³-hybridized carbons (Fsp3) is 0.333. The van der Waals surface area contributed by atoms with Crippen LogP contribution >= 0.6 is 11.3 Å². The summed E-state index contributed by atoms with van der Waals surface area (Å²) >= 11 is 1.57. The van der Waals surface area contributed by atoms with Crippen molar-refractivity contribution in [3.63, 3.8) is 0 Å². The largest absolute Gasteiger partial charge is 0.347 e. The van der Waals surface area contributed by atoms with Gasteiger partial charge in [0.2, 0.25) is 0 Å². The predicted octanol–water partition coefficient (Wildman–Crippen LogP) is 4.25. The van der Waals surface area contributed by atoms with Crippen molar-refractivity contribution in [2.24, 2.45) is 5.92 Å². The molecule has 2 atom stereocenters. The molecule has 3 saturated heterocycles. The topological polar surface area (TPSA) is 45.2 Å². The highest BCUT2D eigenvalue weighted by Gasteiger charge is 2.42. The van der Waals surface area contributed by atoms with Crippen LogP contribution < -0.4 is 5.32 Å². The Balaban J connectivity index is 1.34. The zero-order valence-electron chi connectivity index (χ0n) is 16.3. The number of pyridine rings is 1. The van der Waals surface area contributed by atoms with E-state index < -0.39 is 0 Å². The number of fused-ring (bicyclic) bond motifs is 3. The van der Waals surface area contributed by atoms with Gasteiger partial charge >= 0.3 is 0 Å². The average Bonchev–Trinajstić information content (AvgIpc) is 3.28. The van der Waals surface area contributed by atoms with Crippen LogP contribution in [0, 0.1) is 5.92 Å². The number of hydrogen-bond donors (Lipinski definition) is 1. The van der Waals surface area contributed by atoms with Crippen molar-refractivity contribution in [3.8, 4) is 10.4 Å². The highest BCUT2D eigenvalue weighted by molar-refractivity contribution is 7.17. The molecule has 0 spiro atoms. The molecule has 0 radical (unpaired) electrons. The number of nitrogens with one attached hydrogen (secondary N) is 1. The molecule has 1 amide bonds. The van der Waals surface area contributed by atoms with E-state index in [4.69, 9.17) is 0 Å². The van der Waals surface area contributed by atoms with Crippen LogP contribution in [0.25, 0.3) is 10.4 Å². The fourth-order valence-electron chi connectivity index (χ4n) is 4.82. The monoisotopic (exact) mass is 403 g/mol. The van der Waals surface area contributed by atoms with Crippen molar-refractivity contribution < 1.29 is 4.79 Å². The van der Waals surface area contributed by atoms with E-state index in [1.165, 1.54) is 18.4 Å². The zero-order chi connectivity index (χ0) is 19.6. The van der Waals surface area contributed by atoms with Crippen LogP contribution in [0.4, 0.5) is 0 Å². The molecule has 4 nitrogen and oxygen atoms in total. The quantitative estimate of drug-likeness (QED) is 0.693. The second-order valence-corrected chi connectivity index (χ2v) is 9.12. The van der Waals surface area contributed by atoms with Crippen LogP contribution in [0.15, 0.2) is 67.0 Å². The van der Waals surface area contributed by atoms with E-state index in [1.54, 1.807) is 11.3 Å². The summed E-state index contributed by atoms with van der Waals surface area (Å²) < 4.78 is 0. The molecule has 1 aromatic carbocycles. The first-order valence-electron chi connectivity index (χ1n) is 10.4. The minimum atomic E-state index is 0.0621. The van der Waals surface area contributed by atoms with Gasteiger partial charge in [0, 0.05) is 29.4 Å². The van der Waals surface area contributed by atoms with Crippen LogP contribution in [0.5, 0.6) is 0 Å². The summed E-state index contributed by atoms with van der Waals surface area (Å²) in [6.07, 6.45) is 7.06. The molecule has 3 fully saturated rings. The van der Waals surface area contributed by atoms with Gasteiger partial charge in [-0.3, -0.25) is 14.7 Å². The summed E-state index contributed by atoms with van der Waals surface area (Å²) in [7, 11) is 0. The smallest absolute Gasteiger partial charge is 0.261 e. The molecular formula is C24H25N3OS. The third-order valence-corrected chi connectivity index (χ3v) is 7.45.